The normalized spacial score (nSPS) is 16.9. The van der Waals surface area contributed by atoms with Crippen molar-refractivity contribution in [3.05, 3.63) is 41.7 Å². The highest BCUT2D eigenvalue weighted by molar-refractivity contribution is 5.85. The lowest BCUT2D eigenvalue weighted by molar-refractivity contribution is 0.243. The number of fused-ring (bicyclic) bond motifs is 15. The second kappa shape index (κ2) is 17.4. The summed E-state index contributed by atoms with van der Waals surface area (Å²) < 4.78 is 5.57. The van der Waals surface area contributed by atoms with E-state index in [1.165, 1.54) is 81.8 Å². The third-order valence-corrected chi connectivity index (χ3v) is 4.31. The van der Waals surface area contributed by atoms with Crippen molar-refractivity contribution in [1.82, 2.24) is 4.90 Å². The van der Waals surface area contributed by atoms with Crippen LogP contribution < -0.4 is 0 Å². The molecule has 26 heavy (non-hydrogen) atoms. The Labute approximate surface area is 168 Å². The lowest BCUT2D eigenvalue weighted by Crippen LogP contribution is -1.99. The predicted molar refractivity (Wildman–Crippen MR) is 118 cm³/mol. The van der Waals surface area contributed by atoms with Crippen molar-refractivity contribution in [3.63, 3.8) is 0 Å². The van der Waals surface area contributed by atoms with Crippen LogP contribution in [-0.4, -0.2) is 32.6 Å². The van der Waals surface area contributed by atoms with E-state index >= 15 is 0 Å². The van der Waals surface area contributed by atoms with Gasteiger partial charge in [-0.05, 0) is 57.6 Å². The largest absolute Gasteiger partial charge is 0.501 e. The van der Waals surface area contributed by atoms with Crippen LogP contribution in [0.4, 0.5) is 0 Å². The monoisotopic (exact) mass is 381 g/mol. The highest BCUT2D eigenvalue weighted by atomic mass is 35.5. The van der Waals surface area contributed by atoms with E-state index < -0.39 is 0 Å². The summed E-state index contributed by atoms with van der Waals surface area (Å²) in [6.07, 6.45) is 18.8. The summed E-state index contributed by atoms with van der Waals surface area (Å²) in [7, 11) is 6.00. The fraction of sp³-hybridized carbons (Fsp3) is 0.652. The molecule has 2 bridgehead atoms. The van der Waals surface area contributed by atoms with E-state index in [1.54, 1.807) is 0 Å². The Hall–Kier alpha value is -0.990. The van der Waals surface area contributed by atoms with Crippen LogP contribution in [0.5, 0.6) is 0 Å². The minimum absolute atomic E-state index is 0. The summed E-state index contributed by atoms with van der Waals surface area (Å²) in [5.41, 5.74) is 2.70. The van der Waals surface area contributed by atoms with Crippen LogP contribution in [-0.2, 0) is 11.2 Å². The van der Waals surface area contributed by atoms with E-state index in [0.29, 0.717) is 0 Å². The summed E-state index contributed by atoms with van der Waals surface area (Å²) >= 11 is 0. The van der Waals surface area contributed by atoms with Crippen LogP contribution in [0.15, 0.2) is 30.5 Å². The molecule has 0 radical (unpaired) electrons. The third kappa shape index (κ3) is 15.3. The molecule has 0 saturated heterocycles. The van der Waals surface area contributed by atoms with Crippen molar-refractivity contribution in [2.75, 3.05) is 27.7 Å². The number of rotatable bonds is 0. The highest BCUT2D eigenvalue weighted by Crippen LogP contribution is 2.14. The number of nitrogens with zero attached hydrogens (tertiary/aromatic N) is 1. The fourth-order valence-electron chi connectivity index (χ4n) is 2.92. The quantitative estimate of drug-likeness (QED) is 0.493. The molecule has 150 valence electrons. The Morgan fingerprint density at radius 3 is 1.69 bits per heavy atom. The average Bonchev–Trinajstić information content (AvgIpc) is 2.58. The molecule has 0 aromatic heterocycles. The van der Waals surface area contributed by atoms with Gasteiger partial charge in [-0.2, -0.15) is 0 Å². The maximum Gasteiger partial charge on any atom is 0.0873 e. The van der Waals surface area contributed by atoms with Crippen LogP contribution in [0.2, 0.25) is 0 Å². The van der Waals surface area contributed by atoms with Crippen molar-refractivity contribution in [1.29, 1.82) is 0 Å². The Morgan fingerprint density at radius 1 is 0.692 bits per heavy atom. The van der Waals surface area contributed by atoms with E-state index in [0.717, 1.165) is 6.61 Å². The van der Waals surface area contributed by atoms with Crippen LogP contribution in [0.25, 0.3) is 6.08 Å². The van der Waals surface area contributed by atoms with Gasteiger partial charge in [0.2, 0.25) is 0 Å². The number of halogens is 1. The molecule has 2 nitrogen and oxygen atoms in total. The third-order valence-electron chi connectivity index (χ3n) is 4.31. The van der Waals surface area contributed by atoms with Gasteiger partial charge in [-0.1, -0.05) is 75.6 Å². The Kier molecular flexibility index (Phi) is 16.8. The van der Waals surface area contributed by atoms with Crippen LogP contribution in [0, 0.1) is 0 Å². The number of ether oxygens (including phenoxy) is 1. The van der Waals surface area contributed by atoms with Gasteiger partial charge in [0, 0.05) is 0 Å². The average molecular weight is 382 g/mol. The Morgan fingerprint density at radius 2 is 1.15 bits per heavy atom. The topological polar surface area (TPSA) is 12.5 Å². The molecule has 3 heteroatoms. The zero-order valence-electron chi connectivity index (χ0n) is 17.2. The van der Waals surface area contributed by atoms with Crippen molar-refractivity contribution >= 4 is 18.5 Å². The molecule has 0 N–H and O–H groups in total. The first-order valence-corrected chi connectivity index (χ1v) is 10.2. The maximum atomic E-state index is 5.57. The Balaban J connectivity index is 0.00000113. The molecule has 0 saturated carbocycles. The first kappa shape index (κ1) is 25.0. The Bertz CT molecular complexity index is 439. The molecule has 0 amide bonds. The summed E-state index contributed by atoms with van der Waals surface area (Å²) in [5, 5.41) is 0. The van der Waals surface area contributed by atoms with Crippen LogP contribution >= 0.6 is 12.4 Å². The number of aryl methyl sites for hydroxylation is 1. The number of benzene rings is 1. The first-order valence-electron chi connectivity index (χ1n) is 10.2. The molecule has 2 aliphatic heterocycles. The molecule has 2 aliphatic rings. The lowest BCUT2D eigenvalue weighted by atomic mass is 10.0. The summed E-state index contributed by atoms with van der Waals surface area (Å²) in [5.74, 6) is 0. The van der Waals surface area contributed by atoms with Gasteiger partial charge >= 0.3 is 0 Å². The highest BCUT2D eigenvalue weighted by Gasteiger charge is 1.96. The smallest absolute Gasteiger partial charge is 0.0873 e. The van der Waals surface area contributed by atoms with Crippen LogP contribution in [0.3, 0.4) is 0 Å². The van der Waals surface area contributed by atoms with E-state index in [1.807, 2.05) is 32.3 Å². The van der Waals surface area contributed by atoms with Gasteiger partial charge in [0.05, 0.1) is 12.9 Å². The minimum Gasteiger partial charge on any atom is -0.501 e. The fourth-order valence-corrected chi connectivity index (χ4v) is 2.92. The molecular formula is C23H40ClNO. The summed E-state index contributed by atoms with van der Waals surface area (Å²) in [6.45, 7) is 0.856. The van der Waals surface area contributed by atoms with Crippen molar-refractivity contribution in [2.24, 2.45) is 0 Å². The van der Waals surface area contributed by atoms with Crippen molar-refractivity contribution < 1.29 is 4.74 Å². The van der Waals surface area contributed by atoms with Gasteiger partial charge in [0.15, 0.2) is 0 Å². The predicted octanol–water partition coefficient (Wildman–Crippen LogP) is 6.73. The number of hydrogen-bond donors (Lipinski definition) is 0. The molecule has 2 heterocycles. The van der Waals surface area contributed by atoms with E-state index in [4.69, 9.17) is 4.74 Å². The molecule has 0 atom stereocenters. The van der Waals surface area contributed by atoms with E-state index in [-0.39, 0.29) is 12.4 Å². The molecule has 0 spiro atoms. The molecule has 0 unspecified atom stereocenters. The molecule has 3 rings (SSSR count). The van der Waals surface area contributed by atoms with E-state index in [2.05, 4.69) is 30.3 Å². The molecular weight excluding hydrogens is 342 g/mol. The van der Waals surface area contributed by atoms with Gasteiger partial charge in [-0.3, -0.25) is 0 Å². The van der Waals surface area contributed by atoms with E-state index in [9.17, 15) is 0 Å². The zero-order valence-corrected chi connectivity index (χ0v) is 18.0. The first-order chi connectivity index (χ1) is 12.2. The SMILES string of the molecule is C1=Cc2ccc(cc2)CCCCCCCCCCCCO1.CN(C)C.Cl. The van der Waals surface area contributed by atoms with Crippen molar-refractivity contribution in [3.8, 4) is 0 Å². The number of hydrogen-bond acceptors (Lipinski definition) is 2. The minimum atomic E-state index is 0. The second-order valence-corrected chi connectivity index (χ2v) is 7.54. The van der Waals surface area contributed by atoms with Gasteiger partial charge in [0.1, 0.15) is 0 Å². The van der Waals surface area contributed by atoms with Gasteiger partial charge in [-0.15, -0.1) is 12.4 Å². The molecule has 0 aliphatic carbocycles. The summed E-state index contributed by atoms with van der Waals surface area (Å²) in [4.78, 5) is 2.00. The maximum absolute atomic E-state index is 5.57. The van der Waals surface area contributed by atoms with Gasteiger partial charge < -0.3 is 9.64 Å². The van der Waals surface area contributed by atoms with Crippen LogP contribution in [0.1, 0.15) is 75.3 Å². The molecule has 0 fully saturated rings. The zero-order chi connectivity index (χ0) is 18.2. The van der Waals surface area contributed by atoms with Gasteiger partial charge in [-0.25, -0.2) is 0 Å². The molecule has 1 aromatic carbocycles. The molecule has 1 aromatic rings. The van der Waals surface area contributed by atoms with Crippen molar-refractivity contribution in [2.45, 2.75) is 70.6 Å². The standard InChI is InChI=1S/C20H30O.C3H9N.ClH/c1-2-4-6-8-10-17-21-18-16-20-14-12-19(13-15-20)11-9-7-5-3-1;1-4(2)3;/h12-16,18H,1-11,17H2;1-3H3;1H. The van der Waals surface area contributed by atoms with Gasteiger partial charge in [0.25, 0.3) is 0 Å². The lowest BCUT2D eigenvalue weighted by Gasteiger charge is -2.03. The summed E-state index contributed by atoms with van der Waals surface area (Å²) in [6, 6.07) is 8.91. The second-order valence-electron chi connectivity index (χ2n) is 7.54.